The lowest BCUT2D eigenvalue weighted by atomic mass is 9.99. The van der Waals surface area contributed by atoms with Gasteiger partial charge in [0.15, 0.2) is 0 Å². The van der Waals surface area contributed by atoms with E-state index in [2.05, 4.69) is 12.2 Å². The molecule has 1 amide bonds. The van der Waals surface area contributed by atoms with Crippen LogP contribution in [0.1, 0.15) is 40.0 Å². The molecule has 100 valence electrons. The fourth-order valence-electron chi connectivity index (χ4n) is 2.19. The van der Waals surface area contributed by atoms with Crippen LogP contribution in [-0.2, 0) is 4.74 Å². The molecule has 1 atom stereocenters. The number of rotatable bonds is 5. The van der Waals surface area contributed by atoms with Gasteiger partial charge in [0.1, 0.15) is 0 Å². The molecule has 0 aromatic rings. The van der Waals surface area contributed by atoms with Crippen molar-refractivity contribution in [3.63, 3.8) is 0 Å². The van der Waals surface area contributed by atoms with Crippen molar-refractivity contribution in [2.75, 3.05) is 26.2 Å². The van der Waals surface area contributed by atoms with Gasteiger partial charge in [-0.25, -0.2) is 4.79 Å². The van der Waals surface area contributed by atoms with Crippen molar-refractivity contribution < 1.29 is 9.53 Å². The quantitative estimate of drug-likeness (QED) is 0.804. The fraction of sp³-hybridized carbons (Fsp3) is 0.923. The highest BCUT2D eigenvalue weighted by Gasteiger charge is 2.21. The molecule has 0 aliphatic carbocycles. The molecule has 1 aliphatic heterocycles. The number of nitrogens with zero attached hydrogens (tertiary/aromatic N) is 1. The minimum atomic E-state index is -0.160. The van der Waals surface area contributed by atoms with E-state index in [1.807, 2.05) is 18.7 Å². The molecule has 1 saturated heterocycles. The molecule has 17 heavy (non-hydrogen) atoms. The summed E-state index contributed by atoms with van der Waals surface area (Å²) in [6.45, 7) is 9.63. The van der Waals surface area contributed by atoms with Crippen molar-refractivity contribution in [3.8, 4) is 0 Å². The third kappa shape index (κ3) is 5.39. The summed E-state index contributed by atoms with van der Waals surface area (Å²) in [6.07, 6.45) is 3.21. The van der Waals surface area contributed by atoms with E-state index < -0.39 is 0 Å². The van der Waals surface area contributed by atoms with Gasteiger partial charge in [-0.05, 0) is 52.1 Å². The normalized spacial score (nSPS) is 20.4. The summed E-state index contributed by atoms with van der Waals surface area (Å²) >= 11 is 0. The number of hydrogen-bond donors (Lipinski definition) is 1. The van der Waals surface area contributed by atoms with Gasteiger partial charge in [-0.15, -0.1) is 0 Å². The second-order valence-corrected chi connectivity index (χ2v) is 5.09. The zero-order chi connectivity index (χ0) is 12.7. The van der Waals surface area contributed by atoms with Gasteiger partial charge in [-0.3, -0.25) is 0 Å². The van der Waals surface area contributed by atoms with Crippen LogP contribution in [-0.4, -0.2) is 43.3 Å². The average molecular weight is 242 g/mol. The molecule has 4 nitrogen and oxygen atoms in total. The summed E-state index contributed by atoms with van der Waals surface area (Å²) < 4.78 is 5.27. The predicted molar refractivity (Wildman–Crippen MR) is 69.1 cm³/mol. The number of nitrogens with one attached hydrogen (secondary N) is 1. The van der Waals surface area contributed by atoms with Crippen molar-refractivity contribution in [2.24, 2.45) is 5.92 Å². The monoisotopic (exact) mass is 242 g/mol. The smallest absolute Gasteiger partial charge is 0.410 e. The molecule has 1 rings (SSSR count). The summed E-state index contributed by atoms with van der Waals surface area (Å²) in [5, 5.41) is 3.38. The van der Waals surface area contributed by atoms with Crippen molar-refractivity contribution in [1.82, 2.24) is 10.2 Å². The Morgan fingerprint density at radius 1 is 1.53 bits per heavy atom. The van der Waals surface area contributed by atoms with Crippen LogP contribution in [0.15, 0.2) is 0 Å². The zero-order valence-corrected chi connectivity index (χ0v) is 11.4. The molecule has 1 aliphatic rings. The lowest BCUT2D eigenvalue weighted by Crippen LogP contribution is -2.42. The van der Waals surface area contributed by atoms with Crippen LogP contribution in [0.5, 0.6) is 0 Å². The van der Waals surface area contributed by atoms with E-state index in [0.717, 1.165) is 32.6 Å². The van der Waals surface area contributed by atoms with Crippen molar-refractivity contribution >= 4 is 6.09 Å². The topological polar surface area (TPSA) is 41.6 Å². The van der Waals surface area contributed by atoms with Gasteiger partial charge in [0, 0.05) is 13.1 Å². The lowest BCUT2D eigenvalue weighted by molar-refractivity contribution is 0.0702. The number of ether oxygens (including phenoxy) is 1. The fourth-order valence-corrected chi connectivity index (χ4v) is 2.19. The van der Waals surface area contributed by atoms with Gasteiger partial charge in [0.2, 0.25) is 0 Å². The van der Waals surface area contributed by atoms with Crippen LogP contribution in [0.25, 0.3) is 0 Å². The van der Waals surface area contributed by atoms with E-state index in [-0.39, 0.29) is 12.2 Å². The maximum Gasteiger partial charge on any atom is 0.410 e. The van der Waals surface area contributed by atoms with Crippen LogP contribution >= 0.6 is 0 Å². The first-order chi connectivity index (χ1) is 8.13. The molecule has 0 aromatic carbocycles. The van der Waals surface area contributed by atoms with Crippen LogP contribution < -0.4 is 5.32 Å². The standard InChI is InChI=1S/C13H26N2O2/c1-4-8-15(13(16)17-11(2)3)10-12-6-5-7-14-9-12/h11-12,14H,4-10H2,1-3H3. The van der Waals surface area contributed by atoms with Gasteiger partial charge >= 0.3 is 6.09 Å². The summed E-state index contributed by atoms with van der Waals surface area (Å²) in [5.41, 5.74) is 0. The molecular formula is C13H26N2O2. The Morgan fingerprint density at radius 2 is 2.29 bits per heavy atom. The van der Waals surface area contributed by atoms with E-state index in [0.29, 0.717) is 5.92 Å². The molecule has 0 bridgehead atoms. The Labute approximate surface area is 105 Å². The molecule has 4 heteroatoms. The SMILES string of the molecule is CCCN(CC1CCCNC1)C(=O)OC(C)C. The Morgan fingerprint density at radius 3 is 2.82 bits per heavy atom. The summed E-state index contributed by atoms with van der Waals surface area (Å²) in [4.78, 5) is 13.8. The van der Waals surface area contributed by atoms with E-state index in [4.69, 9.17) is 4.74 Å². The number of piperidine rings is 1. The maximum absolute atomic E-state index is 11.9. The predicted octanol–water partition coefficient (Wildman–Crippen LogP) is 2.24. The molecule has 0 aromatic heterocycles. The first kappa shape index (κ1) is 14.3. The van der Waals surface area contributed by atoms with Crippen molar-refractivity contribution in [3.05, 3.63) is 0 Å². The minimum absolute atomic E-state index is 0.0358. The molecular weight excluding hydrogens is 216 g/mol. The Hall–Kier alpha value is -0.770. The number of carbonyl (C=O) groups excluding carboxylic acids is 1. The molecule has 1 N–H and O–H groups in total. The number of carbonyl (C=O) groups is 1. The highest BCUT2D eigenvalue weighted by atomic mass is 16.6. The highest BCUT2D eigenvalue weighted by molar-refractivity contribution is 5.67. The molecule has 0 saturated carbocycles. The zero-order valence-electron chi connectivity index (χ0n) is 11.4. The highest BCUT2D eigenvalue weighted by Crippen LogP contribution is 2.13. The summed E-state index contributed by atoms with van der Waals surface area (Å²) in [5.74, 6) is 0.579. The largest absolute Gasteiger partial charge is 0.447 e. The molecule has 0 radical (unpaired) electrons. The average Bonchev–Trinajstić information content (AvgIpc) is 2.29. The summed E-state index contributed by atoms with van der Waals surface area (Å²) in [6, 6.07) is 0. The second kappa shape index (κ2) is 7.54. The first-order valence-corrected chi connectivity index (χ1v) is 6.79. The molecule has 0 spiro atoms. The Balaban J connectivity index is 2.43. The van der Waals surface area contributed by atoms with E-state index in [1.165, 1.54) is 12.8 Å². The Bertz CT molecular complexity index is 225. The van der Waals surface area contributed by atoms with Gasteiger partial charge in [0.05, 0.1) is 6.10 Å². The van der Waals surface area contributed by atoms with E-state index >= 15 is 0 Å². The molecule has 1 fully saturated rings. The minimum Gasteiger partial charge on any atom is -0.447 e. The Kier molecular flexibility index (Phi) is 6.34. The van der Waals surface area contributed by atoms with Gasteiger partial charge in [0.25, 0.3) is 0 Å². The third-order valence-electron chi connectivity index (χ3n) is 2.97. The van der Waals surface area contributed by atoms with Crippen LogP contribution in [0.4, 0.5) is 4.79 Å². The van der Waals surface area contributed by atoms with E-state index in [1.54, 1.807) is 0 Å². The maximum atomic E-state index is 11.9. The van der Waals surface area contributed by atoms with Gasteiger partial charge in [-0.1, -0.05) is 6.92 Å². The second-order valence-electron chi connectivity index (χ2n) is 5.09. The number of amides is 1. The van der Waals surface area contributed by atoms with Crippen LogP contribution in [0, 0.1) is 5.92 Å². The summed E-state index contributed by atoms with van der Waals surface area (Å²) in [7, 11) is 0. The lowest BCUT2D eigenvalue weighted by Gasteiger charge is -2.30. The van der Waals surface area contributed by atoms with Crippen molar-refractivity contribution in [2.45, 2.75) is 46.1 Å². The molecule has 1 unspecified atom stereocenters. The van der Waals surface area contributed by atoms with Crippen molar-refractivity contribution in [1.29, 1.82) is 0 Å². The van der Waals surface area contributed by atoms with Crippen LogP contribution in [0.3, 0.4) is 0 Å². The number of hydrogen-bond acceptors (Lipinski definition) is 3. The first-order valence-electron chi connectivity index (χ1n) is 6.79. The third-order valence-corrected chi connectivity index (χ3v) is 2.97. The van der Waals surface area contributed by atoms with E-state index in [9.17, 15) is 4.79 Å². The van der Waals surface area contributed by atoms with Gasteiger partial charge < -0.3 is 15.0 Å². The van der Waals surface area contributed by atoms with Gasteiger partial charge in [-0.2, -0.15) is 0 Å². The van der Waals surface area contributed by atoms with Crippen LogP contribution in [0.2, 0.25) is 0 Å². The molecule has 1 heterocycles.